The zero-order valence-corrected chi connectivity index (χ0v) is 12.7. The maximum absolute atomic E-state index is 11.3. The van der Waals surface area contributed by atoms with Crippen molar-refractivity contribution in [2.24, 2.45) is 5.92 Å². The van der Waals surface area contributed by atoms with E-state index in [1.54, 1.807) is 0 Å². The Labute approximate surface area is 118 Å². The minimum atomic E-state index is 0.0982. The number of carbonyl (C=O) groups excluding carboxylic acids is 1. The van der Waals surface area contributed by atoms with Crippen LogP contribution in [-0.2, 0) is 4.79 Å². The molecular formula is C15H32N2O2. The Hall–Kier alpha value is -0.610. The van der Waals surface area contributed by atoms with E-state index in [4.69, 9.17) is 5.21 Å². The van der Waals surface area contributed by atoms with Crippen LogP contribution in [0.15, 0.2) is 0 Å². The Kier molecular flexibility index (Phi) is 13.4. The standard InChI is InChI=1S/C15H32N2O2/c1-14(2)15(18)16-12-10-8-6-4-3-5-7-9-11-13-17-19/h14,17,19H,3-13H2,1-2H3,(H,16,18). The molecule has 0 radical (unpaired) electrons. The lowest BCUT2D eigenvalue weighted by atomic mass is 10.1. The highest BCUT2D eigenvalue weighted by Crippen LogP contribution is 2.09. The topological polar surface area (TPSA) is 61.4 Å². The summed E-state index contributed by atoms with van der Waals surface area (Å²) in [5, 5.41) is 11.3. The van der Waals surface area contributed by atoms with E-state index in [2.05, 4.69) is 10.8 Å². The first kappa shape index (κ1) is 18.4. The van der Waals surface area contributed by atoms with E-state index in [1.165, 1.54) is 44.9 Å². The van der Waals surface area contributed by atoms with Crippen LogP contribution < -0.4 is 10.8 Å². The number of hydrogen-bond donors (Lipinski definition) is 3. The molecule has 0 aromatic rings. The van der Waals surface area contributed by atoms with Crippen molar-refractivity contribution in [1.29, 1.82) is 0 Å². The predicted octanol–water partition coefficient (Wildman–Crippen LogP) is 3.25. The number of hydrogen-bond acceptors (Lipinski definition) is 3. The van der Waals surface area contributed by atoms with Crippen LogP contribution in [0.3, 0.4) is 0 Å². The summed E-state index contributed by atoms with van der Waals surface area (Å²) in [7, 11) is 0. The highest BCUT2D eigenvalue weighted by molar-refractivity contribution is 5.77. The number of nitrogens with one attached hydrogen (secondary N) is 2. The van der Waals surface area contributed by atoms with Gasteiger partial charge in [0.25, 0.3) is 0 Å². The van der Waals surface area contributed by atoms with Crippen LogP contribution in [0.4, 0.5) is 0 Å². The second kappa shape index (κ2) is 13.8. The maximum Gasteiger partial charge on any atom is 0.222 e. The summed E-state index contributed by atoms with van der Waals surface area (Å²) >= 11 is 0. The van der Waals surface area contributed by atoms with E-state index >= 15 is 0 Å². The first-order chi connectivity index (χ1) is 9.18. The van der Waals surface area contributed by atoms with Gasteiger partial charge in [-0.05, 0) is 12.8 Å². The van der Waals surface area contributed by atoms with Gasteiger partial charge in [-0.15, -0.1) is 0 Å². The zero-order valence-electron chi connectivity index (χ0n) is 12.7. The molecule has 0 saturated carbocycles. The maximum atomic E-state index is 11.3. The van der Waals surface area contributed by atoms with Crippen molar-refractivity contribution in [3.63, 3.8) is 0 Å². The average Bonchev–Trinajstić information content (AvgIpc) is 2.39. The molecule has 0 aliphatic rings. The van der Waals surface area contributed by atoms with Crippen molar-refractivity contribution < 1.29 is 10.0 Å². The molecule has 0 atom stereocenters. The van der Waals surface area contributed by atoms with Crippen LogP contribution in [-0.4, -0.2) is 24.2 Å². The van der Waals surface area contributed by atoms with Gasteiger partial charge in [0.2, 0.25) is 5.91 Å². The molecule has 4 nitrogen and oxygen atoms in total. The molecule has 0 bridgehead atoms. The lowest BCUT2D eigenvalue weighted by Crippen LogP contribution is -2.28. The third kappa shape index (κ3) is 13.6. The molecule has 114 valence electrons. The fourth-order valence-electron chi connectivity index (χ4n) is 1.98. The summed E-state index contributed by atoms with van der Waals surface area (Å²) in [5.41, 5.74) is 2.18. The van der Waals surface area contributed by atoms with Crippen molar-refractivity contribution in [3.8, 4) is 0 Å². The molecule has 0 aromatic carbocycles. The molecule has 1 amide bonds. The van der Waals surface area contributed by atoms with E-state index < -0.39 is 0 Å². The molecule has 0 spiro atoms. The lowest BCUT2D eigenvalue weighted by Gasteiger charge is -2.07. The Balaban J connectivity index is 3.05. The normalized spacial score (nSPS) is 10.9. The molecule has 0 aliphatic carbocycles. The highest BCUT2D eigenvalue weighted by atomic mass is 16.5. The van der Waals surface area contributed by atoms with Crippen LogP contribution in [0.1, 0.15) is 71.6 Å². The van der Waals surface area contributed by atoms with Crippen molar-refractivity contribution in [2.75, 3.05) is 13.1 Å². The molecule has 0 saturated heterocycles. The molecule has 4 heteroatoms. The monoisotopic (exact) mass is 272 g/mol. The van der Waals surface area contributed by atoms with Gasteiger partial charge < -0.3 is 10.5 Å². The molecule has 0 unspecified atom stereocenters. The summed E-state index contributed by atoms with van der Waals surface area (Å²) in [6.45, 7) is 5.38. The molecular weight excluding hydrogens is 240 g/mol. The van der Waals surface area contributed by atoms with Crippen molar-refractivity contribution in [1.82, 2.24) is 10.8 Å². The van der Waals surface area contributed by atoms with Gasteiger partial charge in [-0.1, -0.05) is 58.8 Å². The molecule has 0 rings (SSSR count). The second-order valence-corrected chi connectivity index (χ2v) is 5.54. The van der Waals surface area contributed by atoms with Crippen LogP contribution in [0.5, 0.6) is 0 Å². The molecule has 0 heterocycles. The van der Waals surface area contributed by atoms with Gasteiger partial charge in [0.1, 0.15) is 0 Å². The number of carbonyl (C=O) groups is 1. The van der Waals surface area contributed by atoms with Crippen LogP contribution >= 0.6 is 0 Å². The Morgan fingerprint density at radius 1 is 0.842 bits per heavy atom. The number of unbranched alkanes of at least 4 members (excludes halogenated alkanes) is 8. The molecule has 0 fully saturated rings. The van der Waals surface area contributed by atoms with Crippen molar-refractivity contribution in [3.05, 3.63) is 0 Å². The Morgan fingerprint density at radius 2 is 1.26 bits per heavy atom. The summed E-state index contributed by atoms with van der Waals surface area (Å²) in [6, 6.07) is 0. The van der Waals surface area contributed by atoms with Gasteiger partial charge in [-0.25, -0.2) is 5.48 Å². The lowest BCUT2D eigenvalue weighted by molar-refractivity contribution is -0.123. The van der Waals surface area contributed by atoms with Gasteiger partial charge in [-0.3, -0.25) is 4.79 Å². The first-order valence-corrected chi connectivity index (χ1v) is 7.83. The van der Waals surface area contributed by atoms with E-state index in [0.717, 1.165) is 19.4 Å². The van der Waals surface area contributed by atoms with Crippen molar-refractivity contribution in [2.45, 2.75) is 71.6 Å². The second-order valence-electron chi connectivity index (χ2n) is 5.54. The van der Waals surface area contributed by atoms with Crippen LogP contribution in [0.25, 0.3) is 0 Å². The van der Waals surface area contributed by atoms with Crippen LogP contribution in [0, 0.1) is 5.92 Å². The van der Waals surface area contributed by atoms with Gasteiger partial charge in [0.15, 0.2) is 0 Å². The minimum absolute atomic E-state index is 0.0982. The van der Waals surface area contributed by atoms with Gasteiger partial charge in [0.05, 0.1) is 0 Å². The molecule has 19 heavy (non-hydrogen) atoms. The molecule has 3 N–H and O–H groups in total. The Morgan fingerprint density at radius 3 is 1.68 bits per heavy atom. The van der Waals surface area contributed by atoms with Crippen LogP contribution in [0.2, 0.25) is 0 Å². The first-order valence-electron chi connectivity index (χ1n) is 7.83. The third-order valence-corrected chi connectivity index (χ3v) is 3.29. The number of hydroxylamine groups is 1. The SMILES string of the molecule is CC(C)C(=O)NCCCCCCCCCCCNO. The summed E-state index contributed by atoms with van der Waals surface area (Å²) in [5.74, 6) is 0.262. The zero-order chi connectivity index (χ0) is 14.3. The smallest absolute Gasteiger partial charge is 0.222 e. The summed E-state index contributed by atoms with van der Waals surface area (Å²) < 4.78 is 0. The van der Waals surface area contributed by atoms with Gasteiger partial charge in [-0.2, -0.15) is 0 Å². The molecule has 0 aromatic heterocycles. The predicted molar refractivity (Wildman–Crippen MR) is 79.2 cm³/mol. The van der Waals surface area contributed by atoms with Gasteiger partial charge >= 0.3 is 0 Å². The van der Waals surface area contributed by atoms with Gasteiger partial charge in [0, 0.05) is 19.0 Å². The molecule has 0 aliphatic heterocycles. The fraction of sp³-hybridized carbons (Fsp3) is 0.933. The summed E-state index contributed by atoms with van der Waals surface area (Å²) in [6.07, 6.45) is 11.0. The van der Waals surface area contributed by atoms with E-state index in [1.807, 2.05) is 13.8 Å². The number of rotatable bonds is 13. The Bertz CT molecular complexity index is 208. The van der Waals surface area contributed by atoms with E-state index in [-0.39, 0.29) is 11.8 Å². The number of amides is 1. The quantitative estimate of drug-likeness (QED) is 0.356. The fourth-order valence-corrected chi connectivity index (χ4v) is 1.98. The average molecular weight is 272 g/mol. The largest absolute Gasteiger partial charge is 0.356 e. The minimum Gasteiger partial charge on any atom is -0.356 e. The third-order valence-electron chi connectivity index (χ3n) is 3.29. The highest BCUT2D eigenvalue weighted by Gasteiger charge is 2.04. The van der Waals surface area contributed by atoms with E-state index in [9.17, 15) is 4.79 Å². The van der Waals surface area contributed by atoms with Crippen molar-refractivity contribution >= 4 is 5.91 Å². The summed E-state index contributed by atoms with van der Waals surface area (Å²) in [4.78, 5) is 11.3. The van der Waals surface area contributed by atoms with E-state index in [0.29, 0.717) is 6.54 Å².